The van der Waals surface area contributed by atoms with Gasteiger partial charge in [0.2, 0.25) is 5.82 Å². The Morgan fingerprint density at radius 1 is 1.41 bits per heavy atom. The first kappa shape index (κ1) is 22.3. The van der Waals surface area contributed by atoms with E-state index in [1.807, 2.05) is 9.25 Å². The van der Waals surface area contributed by atoms with Crippen LogP contribution >= 0.6 is 23.1 Å². The van der Waals surface area contributed by atoms with E-state index < -0.39 is 34.9 Å². The molecule has 178 valence electrons. The Morgan fingerprint density at radius 3 is 2.94 bits per heavy atom. The van der Waals surface area contributed by atoms with E-state index in [-0.39, 0.29) is 23.1 Å². The third-order valence-electron chi connectivity index (χ3n) is 5.95. The molecule has 0 saturated carbocycles. The standard InChI is InChI=1S/C19H20N8O5S2/c20-19-22-10(7-34-19)12(24-32)15(28)23-13-16(29)27-14(18(30)31)9(6-33-17(13)27)5-25-8-21-26-4-2-1-3-11(25)26/h7-8,13,17H,1-6H2,(H4-,20,22,23,28,30,31,32)/t13-,17-/m1/s1. The van der Waals surface area contributed by atoms with E-state index in [4.69, 9.17) is 5.73 Å². The number of hydrogen-bond acceptors (Lipinski definition) is 11. The largest absolute Gasteiger partial charge is 0.543 e. The minimum atomic E-state index is -1.45. The van der Waals surface area contributed by atoms with Gasteiger partial charge in [0.25, 0.3) is 18.1 Å². The van der Waals surface area contributed by atoms with Gasteiger partial charge in [0, 0.05) is 22.7 Å². The van der Waals surface area contributed by atoms with Gasteiger partial charge in [-0.2, -0.15) is 0 Å². The molecule has 2 amide bonds. The van der Waals surface area contributed by atoms with E-state index in [0.29, 0.717) is 11.3 Å². The Hall–Kier alpha value is -3.46. The number of oxime groups is 1. The van der Waals surface area contributed by atoms with Gasteiger partial charge in [-0.05, 0) is 18.4 Å². The molecular weight excluding hydrogens is 484 g/mol. The number of aliphatic carboxylic acids is 1. The molecule has 4 N–H and O–H groups in total. The topological polar surface area (TPSA) is 183 Å². The van der Waals surface area contributed by atoms with Gasteiger partial charge in [-0.15, -0.1) is 27.8 Å². The molecule has 5 rings (SSSR count). The van der Waals surface area contributed by atoms with Crippen molar-refractivity contribution in [1.82, 2.24) is 25.0 Å². The molecule has 0 bridgehead atoms. The highest BCUT2D eigenvalue weighted by Gasteiger charge is 2.53. The van der Waals surface area contributed by atoms with Crippen LogP contribution in [-0.2, 0) is 33.9 Å². The van der Waals surface area contributed by atoms with Gasteiger partial charge in [-0.3, -0.25) is 14.5 Å². The lowest BCUT2D eigenvalue weighted by Gasteiger charge is -2.50. The van der Waals surface area contributed by atoms with Crippen molar-refractivity contribution >= 4 is 51.7 Å². The zero-order valence-corrected chi connectivity index (χ0v) is 19.3. The predicted octanol–water partition coefficient (Wildman–Crippen LogP) is -2.17. The van der Waals surface area contributed by atoms with Crippen LogP contribution in [0.3, 0.4) is 0 Å². The number of nitrogens with zero attached hydrogens (tertiary/aromatic N) is 6. The van der Waals surface area contributed by atoms with Crippen LogP contribution in [-0.4, -0.2) is 65.5 Å². The molecular formula is C19H20N8O5S2. The molecule has 15 heteroatoms. The van der Waals surface area contributed by atoms with Crippen molar-refractivity contribution in [2.45, 2.75) is 43.8 Å². The van der Waals surface area contributed by atoms with Crippen LogP contribution in [0.15, 0.2) is 28.1 Å². The smallest absolute Gasteiger partial charge is 0.276 e. The average Bonchev–Trinajstić information content (AvgIpc) is 3.44. The highest BCUT2D eigenvalue weighted by molar-refractivity contribution is 8.00. The number of carbonyl (C=O) groups excluding carboxylic acids is 3. The lowest BCUT2D eigenvalue weighted by molar-refractivity contribution is -0.697. The summed E-state index contributed by atoms with van der Waals surface area (Å²) < 4.78 is 3.82. The Morgan fingerprint density at radius 2 is 2.24 bits per heavy atom. The first-order valence-corrected chi connectivity index (χ1v) is 12.4. The lowest BCUT2D eigenvalue weighted by atomic mass is 10.0. The number of thioether (sulfide) groups is 1. The summed E-state index contributed by atoms with van der Waals surface area (Å²) in [5.74, 6) is -1.50. The van der Waals surface area contributed by atoms with E-state index in [0.717, 1.165) is 47.9 Å². The van der Waals surface area contributed by atoms with Crippen LogP contribution in [0.5, 0.6) is 0 Å². The number of aryl methyl sites for hydroxylation is 1. The number of fused-ring (bicyclic) bond motifs is 2. The number of carbonyl (C=O) groups is 3. The van der Waals surface area contributed by atoms with Crippen molar-refractivity contribution in [2.24, 2.45) is 5.16 Å². The van der Waals surface area contributed by atoms with Crippen molar-refractivity contribution < 1.29 is 29.3 Å². The van der Waals surface area contributed by atoms with Gasteiger partial charge < -0.3 is 26.2 Å². The number of β-lactam (4-membered cyclic amide) rings is 1. The fourth-order valence-corrected chi connectivity index (χ4v) is 6.24. The van der Waals surface area contributed by atoms with Gasteiger partial charge in [-0.25, -0.2) is 9.55 Å². The number of carboxylic acids is 1. The summed E-state index contributed by atoms with van der Waals surface area (Å²) in [5, 5.41) is 32.2. The molecule has 3 aliphatic rings. The van der Waals surface area contributed by atoms with Crippen LogP contribution in [0, 0.1) is 0 Å². The van der Waals surface area contributed by atoms with Crippen molar-refractivity contribution in [3.05, 3.63) is 34.5 Å². The quantitative estimate of drug-likeness (QED) is 0.130. The van der Waals surface area contributed by atoms with Crippen LogP contribution in [0.1, 0.15) is 24.4 Å². The van der Waals surface area contributed by atoms with Crippen LogP contribution < -0.4 is 20.7 Å². The number of rotatable bonds is 6. The number of nitrogens with one attached hydrogen (secondary N) is 1. The van der Waals surface area contributed by atoms with Gasteiger partial charge in [0.15, 0.2) is 10.8 Å². The third kappa shape index (κ3) is 3.69. The molecule has 13 nitrogen and oxygen atoms in total. The molecule has 2 atom stereocenters. The van der Waals surface area contributed by atoms with E-state index in [1.165, 1.54) is 17.1 Å². The number of amides is 2. The molecule has 0 unspecified atom stereocenters. The summed E-state index contributed by atoms with van der Waals surface area (Å²) in [5.41, 5.74) is 5.61. The average molecular weight is 505 g/mol. The summed E-state index contributed by atoms with van der Waals surface area (Å²) in [4.78, 5) is 42.6. The molecule has 3 aliphatic heterocycles. The second-order valence-electron chi connectivity index (χ2n) is 7.98. The zero-order valence-electron chi connectivity index (χ0n) is 17.7. The fourth-order valence-electron chi connectivity index (χ4n) is 4.36. The minimum Gasteiger partial charge on any atom is -0.543 e. The summed E-state index contributed by atoms with van der Waals surface area (Å²) in [6.07, 6.45) is 4.61. The Kier molecular flexibility index (Phi) is 5.73. The number of nitrogen functional groups attached to an aromatic ring is 1. The highest BCUT2D eigenvalue weighted by Crippen LogP contribution is 2.40. The Bertz CT molecular complexity index is 1250. The molecule has 34 heavy (non-hydrogen) atoms. The molecule has 0 aliphatic carbocycles. The highest BCUT2D eigenvalue weighted by atomic mass is 32.2. The summed E-state index contributed by atoms with van der Waals surface area (Å²) in [6, 6.07) is -0.988. The second-order valence-corrected chi connectivity index (χ2v) is 9.97. The fraction of sp³-hybridized carbons (Fsp3) is 0.421. The van der Waals surface area contributed by atoms with E-state index >= 15 is 0 Å². The number of anilines is 1. The van der Waals surface area contributed by atoms with Crippen molar-refractivity contribution in [3.63, 3.8) is 0 Å². The number of hydrogen-bond donors (Lipinski definition) is 3. The first-order valence-electron chi connectivity index (χ1n) is 10.5. The predicted molar refractivity (Wildman–Crippen MR) is 117 cm³/mol. The molecule has 2 aromatic heterocycles. The monoisotopic (exact) mass is 504 g/mol. The molecule has 0 aromatic carbocycles. The molecule has 0 radical (unpaired) electrons. The molecule has 2 aromatic rings. The van der Waals surface area contributed by atoms with E-state index in [1.54, 1.807) is 6.33 Å². The van der Waals surface area contributed by atoms with Gasteiger partial charge >= 0.3 is 0 Å². The number of carboxylic acid groups (broad SMARTS) is 1. The number of aromatic nitrogens is 4. The van der Waals surface area contributed by atoms with Gasteiger partial charge in [0.1, 0.15) is 23.7 Å². The van der Waals surface area contributed by atoms with Crippen LogP contribution in [0.2, 0.25) is 0 Å². The zero-order chi connectivity index (χ0) is 24.0. The maximum Gasteiger partial charge on any atom is 0.276 e. The summed E-state index contributed by atoms with van der Waals surface area (Å²) >= 11 is 2.41. The van der Waals surface area contributed by atoms with Crippen molar-refractivity contribution in [2.75, 3.05) is 11.5 Å². The molecule has 5 heterocycles. The SMILES string of the molecule is Nc1nc(/C(=N/O)C(=O)N[C@@H]2C(=O)N3C(C(=O)[O-])=C(C[n+]4cnn5c4CCCC5)CS[C@H]23)cs1. The molecule has 1 fully saturated rings. The second kappa shape index (κ2) is 8.72. The van der Waals surface area contributed by atoms with Crippen molar-refractivity contribution in [3.8, 4) is 0 Å². The maximum atomic E-state index is 12.9. The Labute approximate surface area is 200 Å². The van der Waals surface area contributed by atoms with Crippen molar-refractivity contribution in [1.29, 1.82) is 0 Å². The summed E-state index contributed by atoms with van der Waals surface area (Å²) in [7, 11) is 0. The Balaban J connectivity index is 1.35. The maximum absolute atomic E-state index is 12.9. The summed E-state index contributed by atoms with van der Waals surface area (Å²) in [6.45, 7) is 1.11. The number of nitrogens with two attached hydrogens (primary N) is 1. The number of thiazole rings is 1. The van der Waals surface area contributed by atoms with Crippen LogP contribution in [0.25, 0.3) is 0 Å². The van der Waals surface area contributed by atoms with Gasteiger partial charge in [0.05, 0.1) is 18.2 Å². The first-order chi connectivity index (χ1) is 16.4. The van der Waals surface area contributed by atoms with E-state index in [9.17, 15) is 24.7 Å². The normalized spacial score (nSPS) is 22.2. The van der Waals surface area contributed by atoms with Gasteiger partial charge in [-0.1, -0.05) is 5.16 Å². The lowest BCUT2D eigenvalue weighted by Crippen LogP contribution is -2.71. The molecule has 1 saturated heterocycles. The van der Waals surface area contributed by atoms with Crippen LogP contribution in [0.4, 0.5) is 5.13 Å². The third-order valence-corrected chi connectivity index (χ3v) is 7.96. The minimum absolute atomic E-state index is 0.0709. The molecule has 0 spiro atoms. The van der Waals surface area contributed by atoms with E-state index in [2.05, 4.69) is 20.6 Å².